The number of hydrogen-bond donors (Lipinski definition) is 2. The van der Waals surface area contributed by atoms with Crippen LogP contribution in [0.25, 0.3) is 0 Å². The van der Waals surface area contributed by atoms with Crippen LogP contribution in [0.1, 0.15) is 11.1 Å². The maximum atomic E-state index is 4.51. The van der Waals surface area contributed by atoms with E-state index < -0.39 is 0 Å². The van der Waals surface area contributed by atoms with Crippen molar-refractivity contribution in [2.45, 2.75) is 13.8 Å². The van der Waals surface area contributed by atoms with Crippen molar-refractivity contribution in [2.75, 3.05) is 10.6 Å². The average Bonchev–Trinajstić information content (AvgIpc) is 2.49. The van der Waals surface area contributed by atoms with Crippen molar-refractivity contribution in [2.24, 2.45) is 0 Å². The van der Waals surface area contributed by atoms with E-state index >= 15 is 0 Å². The molecule has 0 amide bonds. The minimum Gasteiger partial charge on any atom is -0.339 e. The minimum absolute atomic E-state index is 0.562. The number of aromatic nitrogens is 2. The Balaban J connectivity index is 1.81. The summed E-state index contributed by atoms with van der Waals surface area (Å²) in [6.45, 7) is 4.15. The molecular formula is C18H17BrN4. The van der Waals surface area contributed by atoms with Gasteiger partial charge in [-0.25, -0.2) is 4.98 Å². The van der Waals surface area contributed by atoms with Crippen LogP contribution >= 0.6 is 15.9 Å². The molecule has 1 heterocycles. The Morgan fingerprint density at radius 1 is 0.913 bits per heavy atom. The van der Waals surface area contributed by atoms with Crippen LogP contribution in [0.3, 0.4) is 0 Å². The molecule has 4 nitrogen and oxygen atoms in total. The zero-order chi connectivity index (χ0) is 16.2. The van der Waals surface area contributed by atoms with Gasteiger partial charge in [0.1, 0.15) is 5.82 Å². The number of hydrogen-bond acceptors (Lipinski definition) is 4. The molecule has 0 bridgehead atoms. The highest BCUT2D eigenvalue weighted by Gasteiger charge is 2.04. The minimum atomic E-state index is 0.562. The molecule has 0 aliphatic rings. The van der Waals surface area contributed by atoms with E-state index in [0.29, 0.717) is 5.95 Å². The first-order chi connectivity index (χ1) is 11.1. The summed E-state index contributed by atoms with van der Waals surface area (Å²) in [4.78, 5) is 8.79. The van der Waals surface area contributed by atoms with Crippen molar-refractivity contribution < 1.29 is 0 Å². The molecule has 2 N–H and O–H groups in total. The fourth-order valence-electron chi connectivity index (χ4n) is 2.37. The van der Waals surface area contributed by atoms with Crippen LogP contribution in [0.5, 0.6) is 0 Å². The van der Waals surface area contributed by atoms with E-state index in [1.54, 1.807) is 6.20 Å². The molecule has 116 valence electrons. The molecule has 0 unspecified atom stereocenters. The summed E-state index contributed by atoms with van der Waals surface area (Å²) in [6.07, 6.45) is 1.73. The first-order valence-electron chi connectivity index (χ1n) is 7.30. The van der Waals surface area contributed by atoms with E-state index in [4.69, 9.17) is 0 Å². The third-order valence-corrected chi connectivity index (χ3v) is 3.96. The normalized spacial score (nSPS) is 10.4. The Hall–Kier alpha value is -2.40. The summed E-state index contributed by atoms with van der Waals surface area (Å²) in [6, 6.07) is 16.0. The number of aryl methyl sites for hydroxylation is 2. The maximum absolute atomic E-state index is 4.51. The summed E-state index contributed by atoms with van der Waals surface area (Å²) < 4.78 is 0.988. The summed E-state index contributed by atoms with van der Waals surface area (Å²) in [5, 5.41) is 6.54. The molecule has 23 heavy (non-hydrogen) atoms. The van der Waals surface area contributed by atoms with Crippen LogP contribution in [0.2, 0.25) is 0 Å². The first kappa shape index (κ1) is 15.5. The van der Waals surface area contributed by atoms with Gasteiger partial charge >= 0.3 is 0 Å². The van der Waals surface area contributed by atoms with Gasteiger partial charge in [0, 0.05) is 16.4 Å². The van der Waals surface area contributed by atoms with Crippen molar-refractivity contribution >= 4 is 39.1 Å². The van der Waals surface area contributed by atoms with E-state index in [2.05, 4.69) is 68.6 Å². The lowest BCUT2D eigenvalue weighted by atomic mass is 10.1. The standard InChI is InChI=1S/C18H17BrN4/c1-12-9-13(2)11-14(10-12)21-18-20-8-7-17(23-18)22-16-6-4-3-5-15(16)19/h3-11H,1-2H3,(H2,20,21,22,23). The number of halogens is 1. The zero-order valence-electron chi connectivity index (χ0n) is 13.0. The number of rotatable bonds is 4. The predicted octanol–water partition coefficient (Wildman–Crippen LogP) is 5.34. The van der Waals surface area contributed by atoms with Crippen molar-refractivity contribution in [1.29, 1.82) is 0 Å². The number of para-hydroxylation sites is 1. The molecule has 0 fully saturated rings. The van der Waals surface area contributed by atoms with Crippen LogP contribution < -0.4 is 10.6 Å². The summed E-state index contributed by atoms with van der Waals surface area (Å²) in [5.74, 6) is 1.30. The van der Waals surface area contributed by atoms with Crippen LogP contribution in [-0.4, -0.2) is 9.97 Å². The molecule has 3 rings (SSSR count). The van der Waals surface area contributed by atoms with Gasteiger partial charge < -0.3 is 10.6 Å². The van der Waals surface area contributed by atoms with Crippen molar-refractivity contribution in [3.63, 3.8) is 0 Å². The van der Waals surface area contributed by atoms with Crippen molar-refractivity contribution in [1.82, 2.24) is 9.97 Å². The fourth-order valence-corrected chi connectivity index (χ4v) is 2.75. The van der Waals surface area contributed by atoms with Gasteiger partial charge in [-0.3, -0.25) is 0 Å². The van der Waals surface area contributed by atoms with E-state index in [0.717, 1.165) is 21.7 Å². The van der Waals surface area contributed by atoms with Crippen LogP contribution in [0.4, 0.5) is 23.1 Å². The molecule has 0 radical (unpaired) electrons. The van der Waals surface area contributed by atoms with Crippen LogP contribution in [-0.2, 0) is 0 Å². The molecule has 3 aromatic rings. The second kappa shape index (κ2) is 6.79. The lowest BCUT2D eigenvalue weighted by molar-refractivity contribution is 1.16. The molecule has 0 atom stereocenters. The summed E-state index contributed by atoms with van der Waals surface area (Å²) in [7, 11) is 0. The Kier molecular flexibility index (Phi) is 4.57. The Morgan fingerprint density at radius 2 is 1.65 bits per heavy atom. The molecule has 0 saturated carbocycles. The summed E-state index contributed by atoms with van der Waals surface area (Å²) in [5.41, 5.74) is 4.36. The van der Waals surface area contributed by atoms with Crippen LogP contribution in [0.15, 0.2) is 59.2 Å². The SMILES string of the molecule is Cc1cc(C)cc(Nc2nccc(Nc3ccccc3Br)n2)c1. The van der Waals surface area contributed by atoms with Crippen LogP contribution in [0, 0.1) is 13.8 Å². The monoisotopic (exact) mass is 368 g/mol. The van der Waals surface area contributed by atoms with Gasteiger partial charge in [-0.2, -0.15) is 4.98 Å². The number of anilines is 4. The molecule has 5 heteroatoms. The van der Waals surface area contributed by atoms with E-state index in [9.17, 15) is 0 Å². The molecule has 0 saturated heterocycles. The third-order valence-electron chi connectivity index (χ3n) is 3.27. The number of benzene rings is 2. The fraction of sp³-hybridized carbons (Fsp3) is 0.111. The lowest BCUT2D eigenvalue weighted by Crippen LogP contribution is -2.01. The van der Waals surface area contributed by atoms with Gasteiger partial charge in [0.15, 0.2) is 0 Å². The van der Waals surface area contributed by atoms with E-state index in [-0.39, 0.29) is 0 Å². The molecular weight excluding hydrogens is 352 g/mol. The van der Waals surface area contributed by atoms with Gasteiger partial charge in [0.2, 0.25) is 5.95 Å². The second-order valence-corrected chi connectivity index (χ2v) is 6.23. The van der Waals surface area contributed by atoms with Gasteiger partial charge in [-0.1, -0.05) is 18.2 Å². The quantitative estimate of drug-likeness (QED) is 0.652. The third kappa shape index (κ3) is 4.07. The topological polar surface area (TPSA) is 49.8 Å². The second-order valence-electron chi connectivity index (χ2n) is 5.37. The Bertz CT molecular complexity index is 813. The van der Waals surface area contributed by atoms with Gasteiger partial charge in [0.25, 0.3) is 0 Å². The number of nitrogens with zero attached hydrogens (tertiary/aromatic N) is 2. The summed E-state index contributed by atoms with van der Waals surface area (Å²) >= 11 is 3.52. The average molecular weight is 369 g/mol. The molecule has 0 aliphatic carbocycles. The van der Waals surface area contributed by atoms with Gasteiger partial charge in [-0.05, 0) is 71.2 Å². The Morgan fingerprint density at radius 3 is 2.39 bits per heavy atom. The highest BCUT2D eigenvalue weighted by Crippen LogP contribution is 2.25. The smallest absolute Gasteiger partial charge is 0.229 e. The van der Waals surface area contributed by atoms with Gasteiger partial charge in [-0.15, -0.1) is 0 Å². The molecule has 0 spiro atoms. The number of nitrogens with one attached hydrogen (secondary N) is 2. The van der Waals surface area contributed by atoms with Crippen molar-refractivity contribution in [3.05, 3.63) is 70.3 Å². The highest BCUT2D eigenvalue weighted by atomic mass is 79.9. The zero-order valence-corrected chi connectivity index (χ0v) is 14.6. The Labute approximate surface area is 144 Å². The maximum Gasteiger partial charge on any atom is 0.229 e. The predicted molar refractivity (Wildman–Crippen MR) is 98.7 cm³/mol. The van der Waals surface area contributed by atoms with E-state index in [1.165, 1.54) is 11.1 Å². The first-order valence-corrected chi connectivity index (χ1v) is 8.09. The van der Waals surface area contributed by atoms with Crippen molar-refractivity contribution in [3.8, 4) is 0 Å². The molecule has 0 aliphatic heterocycles. The molecule has 1 aromatic heterocycles. The highest BCUT2D eigenvalue weighted by molar-refractivity contribution is 9.10. The van der Waals surface area contributed by atoms with Gasteiger partial charge in [0.05, 0.1) is 5.69 Å². The van der Waals surface area contributed by atoms with E-state index in [1.807, 2.05) is 30.3 Å². The largest absolute Gasteiger partial charge is 0.339 e. The lowest BCUT2D eigenvalue weighted by Gasteiger charge is -2.10. The molecule has 2 aromatic carbocycles.